The molecule has 0 aliphatic heterocycles. The number of allylic oxidation sites excluding steroid dienone is 1. The fraction of sp³-hybridized carbons (Fsp3) is 0.385. The molecular weight excluding hydrogens is 543 g/mol. The van der Waals surface area contributed by atoms with E-state index in [1.54, 1.807) is 22.7 Å². The number of hydrogen-bond acceptors (Lipinski definition) is 7. The van der Waals surface area contributed by atoms with Crippen molar-refractivity contribution in [3.63, 3.8) is 0 Å². The van der Waals surface area contributed by atoms with Crippen LogP contribution in [-0.2, 0) is 16.1 Å². The third-order valence-corrected chi connectivity index (χ3v) is 8.28. The number of nitrogens with one attached hydrogen (secondary N) is 1. The summed E-state index contributed by atoms with van der Waals surface area (Å²) in [5, 5.41) is 5.86. The van der Waals surface area contributed by atoms with Gasteiger partial charge in [-0.1, -0.05) is 41.7 Å². The van der Waals surface area contributed by atoms with Gasteiger partial charge in [0, 0.05) is 40.7 Å². The third kappa shape index (κ3) is 7.05. The highest BCUT2D eigenvalue weighted by atomic mass is 35.5. The number of pyridine rings is 1. The summed E-state index contributed by atoms with van der Waals surface area (Å²) in [6.07, 6.45) is 2.04. The van der Waals surface area contributed by atoms with Crippen molar-refractivity contribution in [1.82, 2.24) is 4.98 Å². The number of fused-ring (bicyclic) bond motifs is 1. The Hall–Kier alpha value is -2.58. The molecule has 0 bridgehead atoms. The Balaban J connectivity index is 1.55. The van der Waals surface area contributed by atoms with E-state index in [2.05, 4.69) is 45.1 Å². The predicted octanol–water partition coefficient (Wildman–Crippen LogP) is 7.01. The minimum atomic E-state index is -4.98. The maximum absolute atomic E-state index is 12.2. The van der Waals surface area contributed by atoms with E-state index in [-0.39, 0.29) is 25.0 Å². The molecule has 1 aliphatic carbocycles. The molecule has 0 saturated carbocycles. The molecule has 11 heteroatoms. The van der Waals surface area contributed by atoms with E-state index in [9.17, 15) is 18.0 Å². The number of nitrogens with zero attached hydrogens (tertiary/aromatic N) is 1. The van der Waals surface area contributed by atoms with Gasteiger partial charge in [-0.15, -0.1) is 22.7 Å². The predicted molar refractivity (Wildman–Crippen MR) is 143 cm³/mol. The number of thiophene rings is 2. The number of carbonyl (C=O) groups excluding carboxylic acids is 1. The van der Waals surface area contributed by atoms with Gasteiger partial charge in [0.05, 0.1) is 22.6 Å². The van der Waals surface area contributed by atoms with Crippen LogP contribution in [0.2, 0.25) is 5.15 Å². The normalized spacial score (nSPS) is 17.4. The molecule has 0 aromatic carbocycles. The first-order valence-electron chi connectivity index (χ1n) is 11.8. The molecule has 0 radical (unpaired) electrons. The molecule has 0 fully saturated rings. The Kier molecular flexibility index (Phi) is 9.13. The van der Waals surface area contributed by atoms with Crippen LogP contribution in [-0.4, -0.2) is 29.8 Å². The molecule has 2 atom stereocenters. The molecular formula is C26H25ClF3N3O2S2. The van der Waals surface area contributed by atoms with Crippen molar-refractivity contribution in [2.24, 2.45) is 5.73 Å². The molecule has 1 aliphatic rings. The average Bonchev–Trinajstić information content (AvgIpc) is 3.50. The van der Waals surface area contributed by atoms with Gasteiger partial charge in [0.1, 0.15) is 10.7 Å². The van der Waals surface area contributed by atoms with E-state index < -0.39 is 12.1 Å². The van der Waals surface area contributed by atoms with Gasteiger partial charge in [-0.3, -0.25) is 0 Å². The number of hydrogen-bond donors (Lipinski definition) is 2. The highest BCUT2D eigenvalue weighted by Gasteiger charge is 2.40. The highest BCUT2D eigenvalue weighted by Crippen LogP contribution is 2.43. The maximum Gasteiger partial charge on any atom is 0.490 e. The van der Waals surface area contributed by atoms with Crippen LogP contribution in [0.3, 0.4) is 0 Å². The van der Waals surface area contributed by atoms with E-state index in [1.165, 1.54) is 4.88 Å². The van der Waals surface area contributed by atoms with E-state index in [4.69, 9.17) is 17.3 Å². The summed E-state index contributed by atoms with van der Waals surface area (Å²) in [5.41, 5.74) is 8.88. The number of unbranched alkanes of at least 4 members (excludes halogenated alkanes) is 2. The van der Waals surface area contributed by atoms with E-state index in [1.807, 2.05) is 17.5 Å². The van der Waals surface area contributed by atoms with E-state index in [0.717, 1.165) is 39.2 Å². The summed E-state index contributed by atoms with van der Waals surface area (Å²) >= 11 is 9.70. The summed E-state index contributed by atoms with van der Waals surface area (Å²) in [6.45, 7) is 0.359. The smallest absolute Gasteiger partial charge is 0.459 e. The quantitative estimate of drug-likeness (QED) is 0.101. The Morgan fingerprint density at radius 1 is 1.30 bits per heavy atom. The summed E-state index contributed by atoms with van der Waals surface area (Å²) in [5.74, 6) is 4.29. The SMILES string of the molecule is N[C@H]1CC=CC[C@@H]1c1sc2c(NCc3cccs3)cc(Cl)nc2c1C#CCCCCOC(=O)C(F)(F)F. The van der Waals surface area contributed by atoms with Crippen LogP contribution < -0.4 is 11.1 Å². The van der Waals surface area contributed by atoms with Crippen molar-refractivity contribution in [3.05, 3.63) is 56.2 Å². The van der Waals surface area contributed by atoms with Crippen LogP contribution in [0.15, 0.2) is 35.7 Å². The first kappa shape index (κ1) is 27.5. The second-order valence-electron chi connectivity index (χ2n) is 8.55. The van der Waals surface area contributed by atoms with Crippen molar-refractivity contribution in [2.45, 2.75) is 56.8 Å². The van der Waals surface area contributed by atoms with Crippen LogP contribution in [0, 0.1) is 11.8 Å². The van der Waals surface area contributed by atoms with Crippen LogP contribution in [0.1, 0.15) is 53.3 Å². The first-order valence-corrected chi connectivity index (χ1v) is 13.8. The number of esters is 1. The van der Waals surface area contributed by atoms with Crippen molar-refractivity contribution in [2.75, 3.05) is 11.9 Å². The van der Waals surface area contributed by atoms with Gasteiger partial charge in [-0.2, -0.15) is 13.2 Å². The maximum atomic E-state index is 12.2. The second kappa shape index (κ2) is 12.3. The number of anilines is 1. The van der Waals surface area contributed by atoms with Crippen LogP contribution in [0.5, 0.6) is 0 Å². The molecule has 0 spiro atoms. The topological polar surface area (TPSA) is 77.2 Å². The molecule has 3 aromatic rings. The van der Waals surface area contributed by atoms with Crippen LogP contribution >= 0.6 is 34.3 Å². The lowest BCUT2D eigenvalue weighted by Gasteiger charge is -2.24. The van der Waals surface area contributed by atoms with E-state index in [0.29, 0.717) is 24.5 Å². The number of carbonyl (C=O) groups is 1. The second-order valence-corrected chi connectivity index (χ2v) is 11.0. The first-order chi connectivity index (χ1) is 17.7. The zero-order valence-corrected chi connectivity index (χ0v) is 22.1. The summed E-state index contributed by atoms with van der Waals surface area (Å²) in [6, 6.07) is 5.84. The fourth-order valence-electron chi connectivity index (χ4n) is 4.01. The Labute approximate surface area is 225 Å². The summed E-state index contributed by atoms with van der Waals surface area (Å²) < 4.78 is 41.9. The Morgan fingerprint density at radius 2 is 2.11 bits per heavy atom. The number of aromatic nitrogens is 1. The van der Waals surface area contributed by atoms with Gasteiger partial charge in [0.25, 0.3) is 0 Å². The van der Waals surface area contributed by atoms with Gasteiger partial charge < -0.3 is 15.8 Å². The molecule has 5 nitrogen and oxygen atoms in total. The molecule has 3 N–H and O–H groups in total. The Bertz CT molecular complexity index is 1330. The largest absolute Gasteiger partial charge is 0.490 e. The fourth-order valence-corrected chi connectivity index (χ4v) is 6.23. The number of rotatable bonds is 8. The van der Waals surface area contributed by atoms with Crippen LogP contribution in [0.4, 0.5) is 18.9 Å². The van der Waals surface area contributed by atoms with Gasteiger partial charge in [-0.25, -0.2) is 9.78 Å². The van der Waals surface area contributed by atoms with Crippen molar-refractivity contribution >= 4 is 56.1 Å². The number of alkyl halides is 3. The highest BCUT2D eigenvalue weighted by molar-refractivity contribution is 7.20. The minimum Gasteiger partial charge on any atom is -0.459 e. The minimum absolute atomic E-state index is 0.0417. The zero-order valence-electron chi connectivity index (χ0n) is 19.7. The van der Waals surface area contributed by atoms with Crippen molar-refractivity contribution < 1.29 is 22.7 Å². The molecule has 0 saturated heterocycles. The van der Waals surface area contributed by atoms with E-state index >= 15 is 0 Å². The van der Waals surface area contributed by atoms with Gasteiger partial charge in [0.2, 0.25) is 0 Å². The Morgan fingerprint density at radius 3 is 2.84 bits per heavy atom. The summed E-state index contributed by atoms with van der Waals surface area (Å²) in [4.78, 5) is 17.7. The lowest BCUT2D eigenvalue weighted by Crippen LogP contribution is -2.29. The van der Waals surface area contributed by atoms with Gasteiger partial charge in [0.15, 0.2) is 0 Å². The molecule has 0 amide bonds. The molecule has 3 heterocycles. The number of ether oxygens (including phenoxy) is 1. The standard InChI is InChI=1S/C26H25ClF3N3O2S2/c27-21-14-20(32-15-16-8-7-13-36-16)24-22(33-21)18(23(37-24)17-9-4-5-11-19(17)31)10-3-1-2-6-12-35-25(34)26(28,29)30/h4-5,7-8,13-14,17,19H,1-2,6,9,11-12,15,31H2,(H,32,33)/t17-,19-/m0/s1. The number of halogens is 4. The molecule has 0 unspecified atom stereocenters. The van der Waals surface area contributed by atoms with Gasteiger partial charge in [-0.05, 0) is 37.1 Å². The molecule has 37 heavy (non-hydrogen) atoms. The zero-order chi connectivity index (χ0) is 26.4. The lowest BCUT2D eigenvalue weighted by molar-refractivity contribution is -0.199. The average molecular weight is 568 g/mol. The monoisotopic (exact) mass is 567 g/mol. The molecule has 4 rings (SSSR count). The number of nitrogens with two attached hydrogens (primary N) is 1. The van der Waals surface area contributed by atoms with Crippen LogP contribution in [0.25, 0.3) is 10.2 Å². The summed E-state index contributed by atoms with van der Waals surface area (Å²) in [7, 11) is 0. The van der Waals surface area contributed by atoms with Crippen molar-refractivity contribution in [3.8, 4) is 11.8 Å². The molecule has 3 aromatic heterocycles. The van der Waals surface area contributed by atoms with Crippen molar-refractivity contribution in [1.29, 1.82) is 0 Å². The molecule has 196 valence electrons. The third-order valence-electron chi connectivity index (χ3n) is 5.86. The lowest BCUT2D eigenvalue weighted by atomic mass is 9.87. The van der Waals surface area contributed by atoms with Gasteiger partial charge >= 0.3 is 12.1 Å².